The highest BCUT2D eigenvalue weighted by Crippen LogP contribution is 2.31. The number of furan rings is 1. The van der Waals surface area contributed by atoms with Gasteiger partial charge in [-0.25, -0.2) is 0 Å². The number of carbonyl (C=O) groups is 1. The standard InChI is InChI=1S/C20H15ClN2O3/c1-12-18(19(23-26-12)15-7-3-4-8-16(15)21)20(24)22-11-14-10-13-6-2-5-9-17(13)25-14/h2-10H,11H2,1H3,(H,22,24). The Kier molecular flexibility index (Phi) is 4.22. The van der Waals surface area contributed by atoms with E-state index in [1.54, 1.807) is 19.1 Å². The van der Waals surface area contributed by atoms with E-state index in [9.17, 15) is 4.79 Å². The molecule has 4 aromatic rings. The molecule has 4 rings (SSSR count). The van der Waals surface area contributed by atoms with E-state index in [4.69, 9.17) is 20.5 Å². The fraction of sp³-hybridized carbons (Fsp3) is 0.100. The first kappa shape index (κ1) is 16.4. The van der Waals surface area contributed by atoms with Crippen molar-refractivity contribution in [3.63, 3.8) is 0 Å². The summed E-state index contributed by atoms with van der Waals surface area (Å²) in [6.45, 7) is 1.96. The van der Waals surface area contributed by atoms with E-state index in [0.29, 0.717) is 33.4 Å². The van der Waals surface area contributed by atoms with Crippen LogP contribution in [0, 0.1) is 6.92 Å². The molecule has 0 spiro atoms. The van der Waals surface area contributed by atoms with Gasteiger partial charge in [-0.05, 0) is 25.1 Å². The van der Waals surface area contributed by atoms with Crippen molar-refractivity contribution in [1.82, 2.24) is 10.5 Å². The Bertz CT molecular complexity index is 1060. The maximum absolute atomic E-state index is 12.7. The molecule has 1 amide bonds. The van der Waals surface area contributed by atoms with Crippen LogP contribution in [0.1, 0.15) is 21.9 Å². The monoisotopic (exact) mass is 366 g/mol. The van der Waals surface area contributed by atoms with Crippen molar-refractivity contribution < 1.29 is 13.7 Å². The van der Waals surface area contributed by atoms with E-state index < -0.39 is 0 Å². The van der Waals surface area contributed by atoms with Gasteiger partial charge < -0.3 is 14.3 Å². The van der Waals surface area contributed by atoms with Gasteiger partial charge in [0.25, 0.3) is 5.91 Å². The van der Waals surface area contributed by atoms with E-state index in [2.05, 4.69) is 10.5 Å². The molecule has 5 nitrogen and oxygen atoms in total. The van der Waals surface area contributed by atoms with Crippen LogP contribution in [0.2, 0.25) is 5.02 Å². The van der Waals surface area contributed by atoms with Crippen LogP contribution in [-0.4, -0.2) is 11.1 Å². The smallest absolute Gasteiger partial charge is 0.257 e. The highest BCUT2D eigenvalue weighted by molar-refractivity contribution is 6.33. The van der Waals surface area contributed by atoms with E-state index in [0.717, 1.165) is 11.0 Å². The van der Waals surface area contributed by atoms with E-state index in [-0.39, 0.29) is 12.5 Å². The number of amides is 1. The molecule has 0 atom stereocenters. The summed E-state index contributed by atoms with van der Waals surface area (Å²) in [5.41, 5.74) is 2.24. The molecule has 130 valence electrons. The zero-order valence-corrected chi connectivity index (χ0v) is 14.7. The molecule has 0 fully saturated rings. The maximum Gasteiger partial charge on any atom is 0.257 e. The largest absolute Gasteiger partial charge is 0.459 e. The highest BCUT2D eigenvalue weighted by Gasteiger charge is 2.23. The number of hydrogen-bond acceptors (Lipinski definition) is 4. The fourth-order valence-electron chi connectivity index (χ4n) is 2.86. The Balaban J connectivity index is 1.59. The van der Waals surface area contributed by atoms with E-state index in [1.165, 1.54) is 0 Å². The van der Waals surface area contributed by atoms with Gasteiger partial charge in [0.05, 0.1) is 11.6 Å². The quantitative estimate of drug-likeness (QED) is 0.553. The van der Waals surface area contributed by atoms with Gasteiger partial charge >= 0.3 is 0 Å². The molecular weight excluding hydrogens is 352 g/mol. The lowest BCUT2D eigenvalue weighted by Gasteiger charge is -2.05. The lowest BCUT2D eigenvalue weighted by Crippen LogP contribution is -2.23. The van der Waals surface area contributed by atoms with Gasteiger partial charge in [0.1, 0.15) is 28.4 Å². The normalized spacial score (nSPS) is 11.0. The predicted octanol–water partition coefficient (Wildman–Crippen LogP) is 4.98. The molecule has 2 heterocycles. The van der Waals surface area contributed by atoms with Crippen LogP contribution < -0.4 is 5.32 Å². The molecule has 0 saturated carbocycles. The summed E-state index contributed by atoms with van der Waals surface area (Å²) in [6, 6.07) is 16.8. The van der Waals surface area contributed by atoms with Crippen molar-refractivity contribution in [2.45, 2.75) is 13.5 Å². The molecule has 0 radical (unpaired) electrons. The summed E-state index contributed by atoms with van der Waals surface area (Å²) in [5.74, 6) is 0.814. The van der Waals surface area contributed by atoms with Gasteiger partial charge in [-0.2, -0.15) is 0 Å². The van der Waals surface area contributed by atoms with Gasteiger partial charge in [0.2, 0.25) is 0 Å². The number of nitrogens with one attached hydrogen (secondary N) is 1. The molecule has 2 aromatic heterocycles. The van der Waals surface area contributed by atoms with Crippen LogP contribution >= 0.6 is 11.6 Å². The number of benzene rings is 2. The number of carbonyl (C=O) groups excluding carboxylic acids is 1. The molecule has 0 aliphatic heterocycles. The maximum atomic E-state index is 12.7. The molecule has 0 aliphatic carbocycles. The minimum absolute atomic E-state index is 0.264. The Morgan fingerprint density at radius 2 is 1.92 bits per heavy atom. The first-order valence-electron chi connectivity index (χ1n) is 8.10. The van der Waals surface area contributed by atoms with Crippen molar-refractivity contribution in [3.8, 4) is 11.3 Å². The lowest BCUT2D eigenvalue weighted by atomic mass is 10.1. The highest BCUT2D eigenvalue weighted by atomic mass is 35.5. The second kappa shape index (κ2) is 6.69. The summed E-state index contributed by atoms with van der Waals surface area (Å²) in [7, 11) is 0. The minimum atomic E-state index is -0.292. The third kappa shape index (κ3) is 2.97. The predicted molar refractivity (Wildman–Crippen MR) is 99.1 cm³/mol. The number of halogens is 1. The SMILES string of the molecule is Cc1onc(-c2ccccc2Cl)c1C(=O)NCc1cc2ccccc2o1. The number of para-hydroxylation sites is 1. The van der Waals surface area contributed by atoms with Gasteiger partial charge in [0, 0.05) is 10.9 Å². The van der Waals surface area contributed by atoms with Gasteiger partial charge in [0.15, 0.2) is 0 Å². The Morgan fingerprint density at radius 1 is 1.15 bits per heavy atom. The van der Waals surface area contributed by atoms with Crippen molar-refractivity contribution >= 4 is 28.5 Å². The molecular formula is C20H15ClN2O3. The molecule has 6 heteroatoms. The number of rotatable bonds is 4. The molecule has 0 unspecified atom stereocenters. The molecule has 26 heavy (non-hydrogen) atoms. The first-order chi connectivity index (χ1) is 12.6. The second-order valence-electron chi connectivity index (χ2n) is 5.88. The van der Waals surface area contributed by atoms with Crippen molar-refractivity contribution in [3.05, 3.63) is 76.7 Å². The van der Waals surface area contributed by atoms with E-state index in [1.807, 2.05) is 42.5 Å². The van der Waals surface area contributed by atoms with Gasteiger partial charge in [-0.15, -0.1) is 0 Å². The zero-order chi connectivity index (χ0) is 18.1. The summed E-state index contributed by atoms with van der Waals surface area (Å²) in [5, 5.41) is 8.37. The number of hydrogen-bond donors (Lipinski definition) is 1. The minimum Gasteiger partial charge on any atom is -0.459 e. The van der Waals surface area contributed by atoms with Crippen LogP contribution in [-0.2, 0) is 6.54 Å². The van der Waals surface area contributed by atoms with Crippen LogP contribution in [0.4, 0.5) is 0 Å². The Labute approximate surface area is 154 Å². The van der Waals surface area contributed by atoms with Crippen molar-refractivity contribution in [2.24, 2.45) is 0 Å². The molecule has 0 aliphatic rings. The van der Waals surface area contributed by atoms with Gasteiger partial charge in [-0.3, -0.25) is 4.79 Å². The number of aryl methyl sites for hydroxylation is 1. The van der Waals surface area contributed by atoms with Crippen LogP contribution in [0.3, 0.4) is 0 Å². The van der Waals surface area contributed by atoms with Crippen molar-refractivity contribution in [1.29, 1.82) is 0 Å². The third-order valence-electron chi connectivity index (χ3n) is 4.12. The topological polar surface area (TPSA) is 68.3 Å². The number of fused-ring (bicyclic) bond motifs is 1. The summed E-state index contributed by atoms with van der Waals surface area (Å²) < 4.78 is 11.0. The van der Waals surface area contributed by atoms with Crippen molar-refractivity contribution in [2.75, 3.05) is 0 Å². The lowest BCUT2D eigenvalue weighted by molar-refractivity contribution is 0.0947. The van der Waals surface area contributed by atoms with E-state index >= 15 is 0 Å². The Hall–Kier alpha value is -3.05. The molecule has 0 saturated heterocycles. The average Bonchev–Trinajstić information content (AvgIpc) is 3.23. The average molecular weight is 367 g/mol. The number of aromatic nitrogens is 1. The fourth-order valence-corrected chi connectivity index (χ4v) is 3.08. The number of nitrogens with zero attached hydrogens (tertiary/aromatic N) is 1. The summed E-state index contributed by atoms with van der Waals surface area (Å²) in [6.07, 6.45) is 0. The first-order valence-corrected chi connectivity index (χ1v) is 8.48. The zero-order valence-electron chi connectivity index (χ0n) is 14.0. The van der Waals surface area contributed by atoms with Crippen LogP contribution in [0.5, 0.6) is 0 Å². The molecule has 1 N–H and O–H groups in total. The van der Waals surface area contributed by atoms with Crippen LogP contribution in [0.25, 0.3) is 22.2 Å². The summed E-state index contributed by atoms with van der Waals surface area (Å²) >= 11 is 6.23. The third-order valence-corrected chi connectivity index (χ3v) is 4.45. The molecule has 0 bridgehead atoms. The Morgan fingerprint density at radius 3 is 2.73 bits per heavy atom. The van der Waals surface area contributed by atoms with Gasteiger partial charge in [-0.1, -0.05) is 53.2 Å². The molecule has 2 aromatic carbocycles. The second-order valence-corrected chi connectivity index (χ2v) is 6.28. The summed E-state index contributed by atoms with van der Waals surface area (Å²) in [4.78, 5) is 12.7. The van der Waals surface area contributed by atoms with Crippen LogP contribution in [0.15, 0.2) is 63.5 Å².